The van der Waals surface area contributed by atoms with Gasteiger partial charge in [0.1, 0.15) is 5.75 Å². The van der Waals surface area contributed by atoms with Gasteiger partial charge in [-0.15, -0.1) is 13.2 Å². The normalized spacial score (nSPS) is 15.3. The number of aryl methyl sites for hydroxylation is 1. The van der Waals surface area contributed by atoms with E-state index in [4.69, 9.17) is 0 Å². The molecule has 0 aliphatic carbocycles. The van der Waals surface area contributed by atoms with Crippen molar-refractivity contribution in [2.24, 2.45) is 0 Å². The number of alkyl halides is 3. The Hall–Kier alpha value is -2.55. The van der Waals surface area contributed by atoms with Crippen LogP contribution in [0.15, 0.2) is 47.4 Å². The predicted molar refractivity (Wildman–Crippen MR) is 92.4 cm³/mol. The summed E-state index contributed by atoms with van der Waals surface area (Å²) in [5.74, 6) is -0.997. The van der Waals surface area contributed by atoms with E-state index in [1.807, 2.05) is 6.92 Å². The predicted octanol–water partition coefficient (Wildman–Crippen LogP) is 4.07. The zero-order valence-electron chi connectivity index (χ0n) is 14.3. The highest BCUT2D eigenvalue weighted by Gasteiger charge is 2.34. The number of hydrogen-bond donors (Lipinski definition) is 0. The van der Waals surface area contributed by atoms with E-state index >= 15 is 0 Å². The van der Waals surface area contributed by atoms with Crippen molar-refractivity contribution in [1.29, 1.82) is 0 Å². The summed E-state index contributed by atoms with van der Waals surface area (Å²) in [5.41, 5.74) is 0.826. The maximum absolute atomic E-state index is 13.0. The first-order valence-electron chi connectivity index (χ1n) is 8.10. The standard InChI is InChI=1S/C18H16F3NO4S/c1-12-4-7-14(8-5-12)27(24,25)22-10-2-3-17(23)15-11-13(6-9-16(15)22)26-18(19,20)21/h4-9,11H,2-3,10H2,1H3. The molecule has 27 heavy (non-hydrogen) atoms. The molecule has 1 aliphatic heterocycles. The molecule has 0 spiro atoms. The molecule has 1 heterocycles. The number of hydrogen-bond acceptors (Lipinski definition) is 4. The fraction of sp³-hybridized carbons (Fsp3) is 0.278. The van der Waals surface area contributed by atoms with E-state index in [0.717, 1.165) is 22.0 Å². The van der Waals surface area contributed by atoms with Crippen molar-refractivity contribution >= 4 is 21.5 Å². The van der Waals surface area contributed by atoms with Crippen LogP contribution >= 0.6 is 0 Å². The number of ketones is 1. The van der Waals surface area contributed by atoms with Gasteiger partial charge in [-0.3, -0.25) is 9.10 Å². The van der Waals surface area contributed by atoms with Crippen molar-refractivity contribution in [1.82, 2.24) is 0 Å². The smallest absolute Gasteiger partial charge is 0.406 e. The fourth-order valence-corrected chi connectivity index (χ4v) is 4.40. The fourth-order valence-electron chi connectivity index (χ4n) is 2.88. The first-order valence-corrected chi connectivity index (χ1v) is 9.54. The minimum absolute atomic E-state index is 0.0301. The molecular weight excluding hydrogens is 383 g/mol. The summed E-state index contributed by atoms with van der Waals surface area (Å²) >= 11 is 0. The number of anilines is 1. The first kappa shape index (κ1) is 19.2. The lowest BCUT2D eigenvalue weighted by Gasteiger charge is -2.24. The van der Waals surface area contributed by atoms with Crippen molar-refractivity contribution in [2.45, 2.75) is 31.0 Å². The number of sulfonamides is 1. The lowest BCUT2D eigenvalue weighted by molar-refractivity contribution is -0.274. The van der Waals surface area contributed by atoms with Crippen LogP contribution in [-0.4, -0.2) is 27.1 Å². The van der Waals surface area contributed by atoms with Gasteiger partial charge in [0.05, 0.1) is 10.6 Å². The van der Waals surface area contributed by atoms with Gasteiger partial charge < -0.3 is 4.74 Å². The van der Waals surface area contributed by atoms with Crippen LogP contribution in [0.25, 0.3) is 0 Å². The van der Waals surface area contributed by atoms with E-state index in [2.05, 4.69) is 4.74 Å². The number of halogens is 3. The van der Waals surface area contributed by atoms with E-state index in [9.17, 15) is 26.4 Å². The van der Waals surface area contributed by atoms with Gasteiger partial charge in [-0.25, -0.2) is 8.42 Å². The number of fused-ring (bicyclic) bond motifs is 1. The maximum atomic E-state index is 13.0. The molecule has 0 unspecified atom stereocenters. The average molecular weight is 399 g/mol. The highest BCUT2D eigenvalue weighted by molar-refractivity contribution is 7.92. The van der Waals surface area contributed by atoms with Crippen LogP contribution in [-0.2, 0) is 10.0 Å². The van der Waals surface area contributed by atoms with E-state index in [-0.39, 0.29) is 35.5 Å². The zero-order chi connectivity index (χ0) is 19.8. The second-order valence-corrected chi connectivity index (χ2v) is 8.01. The summed E-state index contributed by atoms with van der Waals surface area (Å²) < 4.78 is 68.4. The number of rotatable bonds is 3. The Morgan fingerprint density at radius 3 is 2.37 bits per heavy atom. The molecule has 0 atom stereocenters. The third-order valence-electron chi connectivity index (χ3n) is 4.14. The van der Waals surface area contributed by atoms with E-state index in [1.165, 1.54) is 18.2 Å². The summed E-state index contributed by atoms with van der Waals surface area (Å²) in [6.07, 6.45) is -4.62. The van der Waals surface area contributed by atoms with Gasteiger partial charge in [0.2, 0.25) is 0 Å². The van der Waals surface area contributed by atoms with Gasteiger partial charge in [0, 0.05) is 18.5 Å². The van der Waals surface area contributed by atoms with Gasteiger partial charge in [-0.1, -0.05) is 17.7 Å². The van der Waals surface area contributed by atoms with Gasteiger partial charge in [0.25, 0.3) is 10.0 Å². The Morgan fingerprint density at radius 2 is 1.74 bits per heavy atom. The number of carbonyl (C=O) groups is 1. The topological polar surface area (TPSA) is 63.7 Å². The lowest BCUT2D eigenvalue weighted by atomic mass is 10.1. The third kappa shape index (κ3) is 4.08. The highest BCUT2D eigenvalue weighted by Crippen LogP contribution is 2.35. The van der Waals surface area contributed by atoms with Gasteiger partial charge in [-0.2, -0.15) is 0 Å². The molecule has 0 radical (unpaired) electrons. The molecule has 9 heteroatoms. The van der Waals surface area contributed by atoms with Crippen LogP contribution in [0.2, 0.25) is 0 Å². The number of carbonyl (C=O) groups excluding carboxylic acids is 1. The molecule has 0 N–H and O–H groups in total. The molecule has 0 aromatic heterocycles. The van der Waals surface area contributed by atoms with E-state index in [0.29, 0.717) is 0 Å². The highest BCUT2D eigenvalue weighted by atomic mass is 32.2. The number of Topliss-reactive ketones (excluding diaryl/α,β-unsaturated/α-hetero) is 1. The van der Waals surface area contributed by atoms with Crippen molar-refractivity contribution in [2.75, 3.05) is 10.8 Å². The summed E-state index contributed by atoms with van der Waals surface area (Å²) in [6.45, 7) is 1.87. The molecule has 1 aliphatic rings. The van der Waals surface area contributed by atoms with Gasteiger partial charge >= 0.3 is 6.36 Å². The minimum atomic E-state index is -4.91. The molecule has 0 saturated heterocycles. The first-order chi connectivity index (χ1) is 12.6. The van der Waals surface area contributed by atoms with Crippen LogP contribution in [0.1, 0.15) is 28.8 Å². The van der Waals surface area contributed by atoms with Crippen LogP contribution in [0.5, 0.6) is 5.75 Å². The number of nitrogens with zero attached hydrogens (tertiary/aromatic N) is 1. The van der Waals surface area contributed by atoms with Crippen molar-refractivity contribution < 1.29 is 31.1 Å². The number of benzene rings is 2. The molecule has 0 bridgehead atoms. The Bertz CT molecular complexity index is 969. The summed E-state index contributed by atoms with van der Waals surface area (Å²) in [5, 5.41) is 0. The lowest BCUT2D eigenvalue weighted by Crippen LogP contribution is -2.32. The van der Waals surface area contributed by atoms with Crippen molar-refractivity contribution in [3.8, 4) is 5.75 Å². The monoisotopic (exact) mass is 399 g/mol. The minimum Gasteiger partial charge on any atom is -0.406 e. The molecule has 2 aromatic carbocycles. The van der Waals surface area contributed by atoms with Crippen LogP contribution in [0, 0.1) is 6.92 Å². The summed E-state index contributed by atoms with van der Waals surface area (Å²) in [6, 6.07) is 9.33. The molecule has 144 valence electrons. The Balaban J connectivity index is 2.07. The number of ether oxygens (including phenoxy) is 1. The van der Waals surface area contributed by atoms with Crippen molar-refractivity contribution in [3.05, 3.63) is 53.6 Å². The van der Waals surface area contributed by atoms with Gasteiger partial charge in [-0.05, 0) is 43.7 Å². The van der Waals surface area contributed by atoms with Crippen molar-refractivity contribution in [3.63, 3.8) is 0 Å². The molecular formula is C18H16F3NO4S. The Labute approximate surface area is 154 Å². The second-order valence-electron chi connectivity index (χ2n) is 6.14. The molecule has 2 aromatic rings. The molecule has 3 rings (SSSR count). The second kappa shape index (κ2) is 6.88. The average Bonchev–Trinajstić information content (AvgIpc) is 2.73. The van der Waals surface area contributed by atoms with E-state index in [1.54, 1.807) is 12.1 Å². The Kier molecular flexibility index (Phi) is 4.90. The van der Waals surface area contributed by atoms with E-state index < -0.39 is 27.9 Å². The molecule has 0 saturated carbocycles. The molecule has 0 amide bonds. The molecule has 5 nitrogen and oxygen atoms in total. The van der Waals surface area contributed by atoms with Crippen LogP contribution in [0.4, 0.5) is 18.9 Å². The summed E-state index contributed by atoms with van der Waals surface area (Å²) in [7, 11) is -3.97. The zero-order valence-corrected chi connectivity index (χ0v) is 15.1. The third-order valence-corrected chi connectivity index (χ3v) is 5.97. The Morgan fingerprint density at radius 1 is 1.07 bits per heavy atom. The molecule has 0 fully saturated rings. The summed E-state index contributed by atoms with van der Waals surface area (Å²) in [4.78, 5) is 12.4. The van der Waals surface area contributed by atoms with Gasteiger partial charge in [0.15, 0.2) is 5.78 Å². The maximum Gasteiger partial charge on any atom is 0.573 e. The van der Waals surface area contributed by atoms with Crippen LogP contribution in [0.3, 0.4) is 0 Å². The quantitative estimate of drug-likeness (QED) is 0.781. The SMILES string of the molecule is Cc1ccc(S(=O)(=O)N2CCCC(=O)c3cc(OC(F)(F)F)ccc32)cc1. The largest absolute Gasteiger partial charge is 0.573 e. The van der Waals surface area contributed by atoms with Crippen LogP contribution < -0.4 is 9.04 Å².